The molecule has 8 heteroatoms. The molecule has 2 fully saturated rings. The van der Waals surface area contributed by atoms with Gasteiger partial charge in [-0.3, -0.25) is 0 Å². The van der Waals surface area contributed by atoms with Crippen LogP contribution in [-0.2, 0) is 13.0 Å². The molecular formula is C19H26N6OS. The summed E-state index contributed by atoms with van der Waals surface area (Å²) in [4.78, 5) is 11.4. The maximum absolute atomic E-state index is 11.4. The highest BCUT2D eigenvalue weighted by molar-refractivity contribution is 8.00. The van der Waals surface area contributed by atoms with E-state index in [1.807, 2.05) is 46.9 Å². The van der Waals surface area contributed by atoms with Crippen LogP contribution in [0.3, 0.4) is 0 Å². The third-order valence-electron chi connectivity index (χ3n) is 5.33. The summed E-state index contributed by atoms with van der Waals surface area (Å²) in [6.07, 6.45) is 7.60. The molecule has 0 saturated carbocycles. The average Bonchev–Trinajstić information content (AvgIpc) is 3.34. The van der Waals surface area contributed by atoms with Crippen LogP contribution in [0.1, 0.15) is 36.9 Å². The van der Waals surface area contributed by atoms with Crippen molar-refractivity contribution in [3.8, 4) is 0 Å². The van der Waals surface area contributed by atoms with Gasteiger partial charge in [0, 0.05) is 22.9 Å². The average molecular weight is 387 g/mol. The van der Waals surface area contributed by atoms with Gasteiger partial charge in [0.05, 0.1) is 24.3 Å². The summed E-state index contributed by atoms with van der Waals surface area (Å²) in [6, 6.07) is 8.48. The maximum Gasteiger partial charge on any atom is 0.315 e. The molecule has 2 aromatic rings. The number of urea groups is 1. The van der Waals surface area contributed by atoms with E-state index in [0.29, 0.717) is 23.9 Å². The van der Waals surface area contributed by atoms with E-state index < -0.39 is 0 Å². The molecule has 2 aliphatic heterocycles. The second-order valence-corrected chi connectivity index (χ2v) is 8.60. The quantitative estimate of drug-likeness (QED) is 0.367. The van der Waals surface area contributed by atoms with E-state index in [0.717, 1.165) is 42.0 Å². The largest absolute Gasteiger partial charge is 0.398 e. The van der Waals surface area contributed by atoms with Crippen molar-refractivity contribution in [3.05, 3.63) is 41.7 Å². The highest BCUT2D eigenvalue weighted by Gasteiger charge is 2.42. The molecule has 4 N–H and O–H groups in total. The van der Waals surface area contributed by atoms with E-state index >= 15 is 0 Å². The number of nitrogen functional groups attached to an aromatic ring is 1. The van der Waals surface area contributed by atoms with Gasteiger partial charge in [-0.1, -0.05) is 36.3 Å². The van der Waals surface area contributed by atoms with Gasteiger partial charge in [-0.2, -0.15) is 11.8 Å². The number of carbonyl (C=O) groups is 1. The number of carbonyl (C=O) groups excluding carboxylic acids is 1. The lowest BCUT2D eigenvalue weighted by Gasteiger charge is -2.16. The van der Waals surface area contributed by atoms with Gasteiger partial charge in [0.2, 0.25) is 0 Å². The minimum Gasteiger partial charge on any atom is -0.398 e. The normalized spacial score (nSPS) is 23.9. The van der Waals surface area contributed by atoms with Gasteiger partial charge in [0.1, 0.15) is 0 Å². The fraction of sp³-hybridized carbons (Fsp3) is 0.526. The van der Waals surface area contributed by atoms with E-state index in [1.54, 1.807) is 0 Å². The van der Waals surface area contributed by atoms with E-state index in [-0.39, 0.29) is 6.03 Å². The Balaban J connectivity index is 1.17. The van der Waals surface area contributed by atoms with Gasteiger partial charge in [0.15, 0.2) is 0 Å². The summed E-state index contributed by atoms with van der Waals surface area (Å²) in [5, 5.41) is 15.1. The molecule has 0 bridgehead atoms. The molecule has 2 aliphatic rings. The second-order valence-electron chi connectivity index (χ2n) is 7.33. The number of aromatic nitrogens is 3. The molecule has 3 heterocycles. The fourth-order valence-corrected chi connectivity index (χ4v) is 5.40. The predicted octanol–water partition coefficient (Wildman–Crippen LogP) is 2.18. The zero-order chi connectivity index (χ0) is 18.6. The summed E-state index contributed by atoms with van der Waals surface area (Å²) in [7, 11) is 0. The number of fused-ring (bicyclic) bond motifs is 1. The zero-order valence-electron chi connectivity index (χ0n) is 15.3. The van der Waals surface area contributed by atoms with Crippen molar-refractivity contribution in [2.45, 2.75) is 56.0 Å². The zero-order valence-corrected chi connectivity index (χ0v) is 16.1. The Morgan fingerprint density at radius 1 is 1.22 bits per heavy atom. The van der Waals surface area contributed by atoms with Crippen molar-refractivity contribution < 1.29 is 4.79 Å². The van der Waals surface area contributed by atoms with Crippen LogP contribution in [0.25, 0.3) is 0 Å². The molecule has 0 radical (unpaired) electrons. The first kappa shape index (κ1) is 18.2. The lowest BCUT2D eigenvalue weighted by molar-refractivity contribution is 0.247. The summed E-state index contributed by atoms with van der Waals surface area (Å²) in [6.45, 7) is 0.654. The number of hydrogen-bond acceptors (Lipinski definition) is 5. The summed E-state index contributed by atoms with van der Waals surface area (Å²) < 4.78 is 1.85. The lowest BCUT2D eigenvalue weighted by atomic mass is 10.0. The molecule has 0 spiro atoms. The maximum atomic E-state index is 11.4. The first-order valence-corrected chi connectivity index (χ1v) is 10.6. The first-order chi connectivity index (χ1) is 13.2. The second kappa shape index (κ2) is 8.21. The number of nitrogens with zero attached hydrogens (tertiary/aromatic N) is 3. The first-order valence-electron chi connectivity index (χ1n) is 9.60. The number of nitrogens with one attached hydrogen (secondary N) is 2. The fourth-order valence-electron chi connectivity index (χ4n) is 3.85. The third kappa shape index (κ3) is 4.37. The van der Waals surface area contributed by atoms with E-state index in [4.69, 9.17) is 5.73 Å². The van der Waals surface area contributed by atoms with E-state index in [1.165, 1.54) is 12.8 Å². The Morgan fingerprint density at radius 2 is 2.11 bits per heavy atom. The Hall–Kier alpha value is -2.22. The number of hydrogen-bond donors (Lipinski definition) is 3. The Bertz CT molecular complexity index is 794. The van der Waals surface area contributed by atoms with Crippen molar-refractivity contribution in [1.82, 2.24) is 25.6 Å². The smallest absolute Gasteiger partial charge is 0.315 e. The number of unbranched alkanes of at least 4 members (excludes halogenated alkanes) is 2. The highest BCUT2D eigenvalue weighted by atomic mass is 32.2. The standard InChI is InChI=1S/C19H26N6OS/c20-15-8-5-4-6-13(15)10-25-11-14(23-24-25)7-2-1-3-9-17-18-16(12-27-17)21-19(26)22-18/h4-6,8,11,16-18H,1-3,7,9-10,12,20H2,(H2,21,22,26)/t16-,17-,18-/m0/s1. The van der Waals surface area contributed by atoms with Crippen LogP contribution >= 0.6 is 11.8 Å². The molecule has 0 unspecified atom stereocenters. The highest BCUT2D eigenvalue weighted by Crippen LogP contribution is 2.33. The molecule has 3 atom stereocenters. The van der Waals surface area contributed by atoms with Gasteiger partial charge in [-0.15, -0.1) is 5.10 Å². The number of anilines is 1. The van der Waals surface area contributed by atoms with Crippen molar-refractivity contribution in [2.24, 2.45) is 0 Å². The van der Waals surface area contributed by atoms with Crippen LogP contribution in [0.4, 0.5) is 10.5 Å². The topological polar surface area (TPSA) is 97.9 Å². The molecule has 7 nitrogen and oxygen atoms in total. The van der Waals surface area contributed by atoms with Gasteiger partial charge in [-0.25, -0.2) is 9.48 Å². The summed E-state index contributed by atoms with van der Waals surface area (Å²) in [5.41, 5.74) is 8.88. The van der Waals surface area contributed by atoms with Crippen molar-refractivity contribution in [3.63, 3.8) is 0 Å². The molecule has 2 amide bonds. The number of thioether (sulfide) groups is 1. The molecule has 1 aromatic carbocycles. The van der Waals surface area contributed by atoms with Crippen LogP contribution in [0.15, 0.2) is 30.5 Å². The molecule has 27 heavy (non-hydrogen) atoms. The minimum absolute atomic E-state index is 0.00403. The predicted molar refractivity (Wildman–Crippen MR) is 108 cm³/mol. The van der Waals surface area contributed by atoms with Gasteiger partial charge in [-0.05, 0) is 30.9 Å². The van der Waals surface area contributed by atoms with Gasteiger partial charge < -0.3 is 16.4 Å². The van der Waals surface area contributed by atoms with Crippen LogP contribution < -0.4 is 16.4 Å². The Kier molecular flexibility index (Phi) is 5.52. The van der Waals surface area contributed by atoms with Crippen LogP contribution in [0, 0.1) is 0 Å². The molecule has 0 aliphatic carbocycles. The number of para-hydroxylation sites is 1. The number of rotatable bonds is 8. The van der Waals surface area contributed by atoms with Gasteiger partial charge >= 0.3 is 6.03 Å². The minimum atomic E-state index is -0.00403. The van der Waals surface area contributed by atoms with E-state index in [9.17, 15) is 4.79 Å². The number of nitrogens with two attached hydrogens (primary N) is 1. The van der Waals surface area contributed by atoms with Crippen LogP contribution in [-0.4, -0.2) is 44.1 Å². The van der Waals surface area contributed by atoms with Crippen molar-refractivity contribution in [1.29, 1.82) is 0 Å². The Labute approximate surface area is 163 Å². The monoisotopic (exact) mass is 386 g/mol. The number of amides is 2. The molecule has 2 saturated heterocycles. The summed E-state index contributed by atoms with van der Waals surface area (Å²) >= 11 is 1.98. The van der Waals surface area contributed by atoms with Crippen LogP contribution in [0.5, 0.6) is 0 Å². The SMILES string of the molecule is Nc1ccccc1Cn1cc(CCCCC[C@@H]2SC[C@@H]3NC(=O)N[C@@H]32)nn1. The Morgan fingerprint density at radius 3 is 3.00 bits per heavy atom. The van der Waals surface area contributed by atoms with Crippen molar-refractivity contribution >= 4 is 23.5 Å². The van der Waals surface area contributed by atoms with Gasteiger partial charge in [0.25, 0.3) is 0 Å². The van der Waals surface area contributed by atoms with E-state index in [2.05, 4.69) is 20.9 Å². The molecule has 4 rings (SSSR count). The lowest BCUT2D eigenvalue weighted by Crippen LogP contribution is -2.36. The summed E-state index contributed by atoms with van der Waals surface area (Å²) in [5.74, 6) is 1.03. The molecule has 1 aromatic heterocycles. The third-order valence-corrected chi connectivity index (χ3v) is 6.84. The molecular weight excluding hydrogens is 360 g/mol. The number of benzene rings is 1. The van der Waals surface area contributed by atoms with Crippen LogP contribution in [0.2, 0.25) is 0 Å². The molecule has 144 valence electrons. The van der Waals surface area contributed by atoms with Crippen molar-refractivity contribution in [2.75, 3.05) is 11.5 Å². The number of aryl methyl sites for hydroxylation is 1.